The van der Waals surface area contributed by atoms with Crippen LogP contribution < -0.4 is 0 Å². The fourth-order valence-electron chi connectivity index (χ4n) is 2.79. The molecule has 0 spiro atoms. The van der Waals surface area contributed by atoms with Gasteiger partial charge in [-0.25, -0.2) is 0 Å². The van der Waals surface area contributed by atoms with E-state index < -0.39 is 6.10 Å². The summed E-state index contributed by atoms with van der Waals surface area (Å²) < 4.78 is 0. The summed E-state index contributed by atoms with van der Waals surface area (Å²) in [7, 11) is 0. The molecule has 1 aromatic carbocycles. The van der Waals surface area contributed by atoms with Crippen LogP contribution in [0, 0.1) is 0 Å². The van der Waals surface area contributed by atoms with Gasteiger partial charge in [-0.05, 0) is 31.9 Å². The summed E-state index contributed by atoms with van der Waals surface area (Å²) in [5.74, 6) is 0. The van der Waals surface area contributed by atoms with Gasteiger partial charge in [0.25, 0.3) is 0 Å². The third kappa shape index (κ3) is 3.31. The van der Waals surface area contributed by atoms with Crippen LogP contribution in [-0.4, -0.2) is 40.3 Å². The van der Waals surface area contributed by atoms with E-state index in [0.29, 0.717) is 6.54 Å². The van der Waals surface area contributed by atoms with Crippen molar-refractivity contribution in [1.82, 2.24) is 4.90 Å². The first-order valence-corrected chi connectivity index (χ1v) is 6.83. The summed E-state index contributed by atoms with van der Waals surface area (Å²) in [6, 6.07) is 9.94. The molecule has 1 fully saturated rings. The Morgan fingerprint density at radius 3 is 2.61 bits per heavy atom. The molecule has 1 saturated heterocycles. The molecule has 2 N–H and O–H groups in total. The number of piperidine rings is 1. The minimum atomic E-state index is -0.467. The summed E-state index contributed by atoms with van der Waals surface area (Å²) in [5.41, 5.74) is 0.951. The van der Waals surface area contributed by atoms with E-state index in [4.69, 9.17) is 0 Å². The molecule has 0 bridgehead atoms. The van der Waals surface area contributed by atoms with Crippen molar-refractivity contribution < 1.29 is 10.2 Å². The van der Waals surface area contributed by atoms with Gasteiger partial charge in [-0.15, -0.1) is 0 Å². The van der Waals surface area contributed by atoms with Crippen molar-refractivity contribution in [3.63, 3.8) is 0 Å². The molecule has 0 amide bonds. The number of β-amino-alcohol motifs (C(OH)–C–C–N with tert-alkyl or cyclic N) is 1. The number of nitrogens with zero attached hydrogens (tertiary/aromatic N) is 1. The van der Waals surface area contributed by atoms with Crippen molar-refractivity contribution >= 4 is 0 Å². The minimum Gasteiger partial charge on any atom is -0.392 e. The minimum absolute atomic E-state index is 0.192. The van der Waals surface area contributed by atoms with Gasteiger partial charge in [0, 0.05) is 12.6 Å². The van der Waals surface area contributed by atoms with Crippen LogP contribution in [0.5, 0.6) is 0 Å². The fourth-order valence-corrected chi connectivity index (χ4v) is 2.79. The summed E-state index contributed by atoms with van der Waals surface area (Å²) in [6.45, 7) is 3.43. The smallest absolute Gasteiger partial charge is 0.0917 e. The Bertz CT molecular complexity index is 353. The molecule has 3 heteroatoms. The highest BCUT2D eigenvalue weighted by atomic mass is 16.3. The van der Waals surface area contributed by atoms with Crippen molar-refractivity contribution in [2.45, 2.75) is 44.4 Å². The number of aliphatic hydroxyl groups excluding tert-OH is 2. The molecule has 3 nitrogen and oxygen atoms in total. The molecule has 0 aromatic heterocycles. The van der Waals surface area contributed by atoms with Crippen molar-refractivity contribution in [1.29, 1.82) is 0 Å². The highest BCUT2D eigenvalue weighted by molar-refractivity contribution is 5.17. The van der Waals surface area contributed by atoms with Crippen LogP contribution in [-0.2, 0) is 0 Å². The topological polar surface area (TPSA) is 43.7 Å². The molecule has 2 rings (SSSR count). The SMILES string of the molecule is C[C@H](O)[C@@H]1CCCCN1C[C@H](O)c1ccccc1. The van der Waals surface area contributed by atoms with Gasteiger partial charge in [0.1, 0.15) is 0 Å². The Morgan fingerprint density at radius 2 is 1.94 bits per heavy atom. The zero-order valence-corrected chi connectivity index (χ0v) is 11.0. The molecule has 100 valence electrons. The van der Waals surface area contributed by atoms with Crippen LogP contribution in [0.4, 0.5) is 0 Å². The highest BCUT2D eigenvalue weighted by Gasteiger charge is 2.27. The van der Waals surface area contributed by atoms with Gasteiger partial charge >= 0.3 is 0 Å². The molecule has 1 aliphatic rings. The monoisotopic (exact) mass is 249 g/mol. The molecule has 0 saturated carbocycles. The Labute approximate surface area is 109 Å². The largest absolute Gasteiger partial charge is 0.392 e. The van der Waals surface area contributed by atoms with Gasteiger partial charge in [-0.3, -0.25) is 4.90 Å². The maximum Gasteiger partial charge on any atom is 0.0917 e. The van der Waals surface area contributed by atoms with Crippen molar-refractivity contribution in [3.8, 4) is 0 Å². The second-order valence-electron chi connectivity index (χ2n) is 5.23. The van der Waals surface area contributed by atoms with E-state index in [-0.39, 0.29) is 12.1 Å². The fraction of sp³-hybridized carbons (Fsp3) is 0.600. The second-order valence-corrected chi connectivity index (χ2v) is 5.23. The first-order valence-electron chi connectivity index (χ1n) is 6.83. The lowest BCUT2D eigenvalue weighted by molar-refractivity contribution is 0.00763. The van der Waals surface area contributed by atoms with E-state index in [1.165, 1.54) is 6.42 Å². The molecular formula is C15H23NO2. The Hall–Kier alpha value is -0.900. The Kier molecular flexibility index (Phi) is 4.75. The molecule has 3 atom stereocenters. The predicted molar refractivity (Wildman–Crippen MR) is 72.3 cm³/mol. The van der Waals surface area contributed by atoms with Crippen molar-refractivity contribution in [3.05, 3.63) is 35.9 Å². The normalized spacial score (nSPS) is 24.7. The summed E-state index contributed by atoms with van der Waals surface area (Å²) >= 11 is 0. The standard InChI is InChI=1S/C15H23NO2/c1-12(17)14-9-5-6-10-16(14)11-15(18)13-7-3-2-4-8-13/h2-4,7-8,12,14-15,17-18H,5-6,9-11H2,1H3/t12-,14-,15-/m0/s1. The van der Waals surface area contributed by atoms with Crippen molar-refractivity contribution in [2.24, 2.45) is 0 Å². The van der Waals surface area contributed by atoms with E-state index in [1.807, 2.05) is 37.3 Å². The average molecular weight is 249 g/mol. The Balaban J connectivity index is 1.99. The predicted octanol–water partition coefficient (Wildman–Crippen LogP) is 1.96. The lowest BCUT2D eigenvalue weighted by Gasteiger charge is -2.38. The van der Waals surface area contributed by atoms with Crippen molar-refractivity contribution in [2.75, 3.05) is 13.1 Å². The molecule has 1 heterocycles. The van der Waals surface area contributed by atoms with Gasteiger partial charge in [-0.2, -0.15) is 0 Å². The zero-order chi connectivity index (χ0) is 13.0. The van der Waals surface area contributed by atoms with Crippen LogP contribution in [0.1, 0.15) is 37.9 Å². The molecule has 18 heavy (non-hydrogen) atoms. The molecule has 0 unspecified atom stereocenters. The van der Waals surface area contributed by atoms with E-state index in [9.17, 15) is 10.2 Å². The number of hydrogen-bond acceptors (Lipinski definition) is 3. The first-order chi connectivity index (χ1) is 8.68. The summed E-state index contributed by atoms with van der Waals surface area (Å²) in [5, 5.41) is 20.1. The Morgan fingerprint density at radius 1 is 1.22 bits per heavy atom. The van der Waals surface area contributed by atoms with Crippen LogP contribution in [0.2, 0.25) is 0 Å². The number of aliphatic hydroxyl groups is 2. The zero-order valence-electron chi connectivity index (χ0n) is 11.0. The van der Waals surface area contributed by atoms with Crippen LogP contribution >= 0.6 is 0 Å². The molecule has 0 radical (unpaired) electrons. The van der Waals surface area contributed by atoms with Gasteiger partial charge in [-0.1, -0.05) is 36.8 Å². The van der Waals surface area contributed by atoms with E-state index in [1.54, 1.807) is 0 Å². The lowest BCUT2D eigenvalue weighted by atomic mass is 9.97. The average Bonchev–Trinajstić information content (AvgIpc) is 2.40. The summed E-state index contributed by atoms with van der Waals surface area (Å²) in [6.07, 6.45) is 2.57. The summed E-state index contributed by atoms with van der Waals surface area (Å²) in [4.78, 5) is 2.23. The highest BCUT2D eigenvalue weighted by Crippen LogP contribution is 2.23. The maximum atomic E-state index is 10.2. The maximum absolute atomic E-state index is 10.2. The van der Waals surface area contributed by atoms with Gasteiger partial charge in [0.2, 0.25) is 0 Å². The lowest BCUT2D eigenvalue weighted by Crippen LogP contribution is -2.47. The number of likely N-dealkylation sites (tertiary alicyclic amines) is 1. The van der Waals surface area contributed by atoms with Crippen LogP contribution in [0.15, 0.2) is 30.3 Å². The third-order valence-corrected chi connectivity index (χ3v) is 3.81. The number of benzene rings is 1. The van der Waals surface area contributed by atoms with E-state index >= 15 is 0 Å². The molecular weight excluding hydrogens is 226 g/mol. The molecule has 1 aliphatic heterocycles. The van der Waals surface area contributed by atoms with Crippen LogP contribution in [0.25, 0.3) is 0 Å². The van der Waals surface area contributed by atoms with Gasteiger partial charge in [0.15, 0.2) is 0 Å². The molecule has 0 aliphatic carbocycles. The first kappa shape index (κ1) is 13.5. The van der Waals surface area contributed by atoms with Gasteiger partial charge < -0.3 is 10.2 Å². The number of hydrogen-bond donors (Lipinski definition) is 2. The van der Waals surface area contributed by atoms with Gasteiger partial charge in [0.05, 0.1) is 12.2 Å². The third-order valence-electron chi connectivity index (χ3n) is 3.81. The van der Waals surface area contributed by atoms with E-state index in [0.717, 1.165) is 24.9 Å². The number of rotatable bonds is 4. The van der Waals surface area contributed by atoms with Crippen LogP contribution in [0.3, 0.4) is 0 Å². The quantitative estimate of drug-likeness (QED) is 0.857. The van der Waals surface area contributed by atoms with E-state index in [2.05, 4.69) is 4.90 Å². The molecule has 1 aromatic rings. The second kappa shape index (κ2) is 6.32.